The van der Waals surface area contributed by atoms with E-state index in [1.165, 1.54) is 5.41 Å². The molecule has 2 heterocycles. The predicted octanol–water partition coefficient (Wildman–Crippen LogP) is 2.04. The molecule has 0 saturated carbocycles. The van der Waals surface area contributed by atoms with Crippen LogP contribution in [0.15, 0.2) is 54.2 Å². The molecule has 0 unspecified atom stereocenters. The number of piperidine rings is 1. The zero-order chi connectivity index (χ0) is 16.8. The summed E-state index contributed by atoms with van der Waals surface area (Å²) in [6, 6.07) is 11.1. The molecule has 0 aliphatic carbocycles. The van der Waals surface area contributed by atoms with Crippen molar-refractivity contribution in [3.63, 3.8) is 0 Å². The molecule has 7 heteroatoms. The molecule has 0 bridgehead atoms. The summed E-state index contributed by atoms with van der Waals surface area (Å²) in [5.41, 5.74) is 0.860. The highest BCUT2D eigenvalue weighted by Gasteiger charge is 2.23. The standard InChI is InChI=1S/C17H20N4O2S/c22-24(23,14-9-15-5-2-1-3-6-15)20-16-7-12-21(13-8-16)17-18-10-4-11-19-17/h1-6,9-11,14,16,20H,7-8,12-13H2/b14-9+. The monoisotopic (exact) mass is 344 g/mol. The smallest absolute Gasteiger partial charge is 0.233 e. The van der Waals surface area contributed by atoms with Crippen molar-refractivity contribution in [1.29, 1.82) is 0 Å². The summed E-state index contributed by atoms with van der Waals surface area (Å²) in [5, 5.41) is 1.23. The van der Waals surface area contributed by atoms with Crippen LogP contribution >= 0.6 is 0 Å². The maximum absolute atomic E-state index is 12.2. The molecule has 1 aromatic heterocycles. The molecule has 0 radical (unpaired) electrons. The van der Waals surface area contributed by atoms with Gasteiger partial charge >= 0.3 is 0 Å². The van der Waals surface area contributed by atoms with Crippen molar-refractivity contribution >= 4 is 22.0 Å². The van der Waals surface area contributed by atoms with Gasteiger partial charge in [0.05, 0.1) is 0 Å². The van der Waals surface area contributed by atoms with E-state index in [1.807, 2.05) is 30.3 Å². The van der Waals surface area contributed by atoms with Gasteiger partial charge in [-0.25, -0.2) is 23.1 Å². The first-order valence-electron chi connectivity index (χ1n) is 7.90. The summed E-state index contributed by atoms with van der Waals surface area (Å²) in [6.45, 7) is 1.47. The van der Waals surface area contributed by atoms with E-state index in [4.69, 9.17) is 0 Å². The molecule has 1 N–H and O–H groups in total. The predicted molar refractivity (Wildman–Crippen MR) is 94.8 cm³/mol. The van der Waals surface area contributed by atoms with Gasteiger partial charge in [0.25, 0.3) is 0 Å². The van der Waals surface area contributed by atoms with Gasteiger partial charge in [-0.05, 0) is 30.5 Å². The molecule has 6 nitrogen and oxygen atoms in total. The Balaban J connectivity index is 1.54. The summed E-state index contributed by atoms with van der Waals surface area (Å²) >= 11 is 0. The van der Waals surface area contributed by atoms with Gasteiger partial charge in [0, 0.05) is 36.9 Å². The highest BCUT2D eigenvalue weighted by Crippen LogP contribution is 2.16. The summed E-state index contributed by atoms with van der Waals surface area (Å²) in [7, 11) is -3.44. The van der Waals surface area contributed by atoms with Gasteiger partial charge < -0.3 is 4.90 Å². The van der Waals surface area contributed by atoms with Gasteiger partial charge in [-0.15, -0.1) is 0 Å². The number of nitrogens with one attached hydrogen (secondary N) is 1. The number of benzene rings is 1. The Labute approximate surface area is 142 Å². The zero-order valence-corrected chi connectivity index (χ0v) is 14.1. The molecule has 1 aromatic carbocycles. The second-order valence-electron chi connectivity index (χ2n) is 5.69. The lowest BCUT2D eigenvalue weighted by Gasteiger charge is -2.31. The van der Waals surface area contributed by atoms with E-state index in [9.17, 15) is 8.42 Å². The molecular weight excluding hydrogens is 324 g/mol. The summed E-state index contributed by atoms with van der Waals surface area (Å²) in [6.07, 6.45) is 6.50. The van der Waals surface area contributed by atoms with Crippen LogP contribution in [0.5, 0.6) is 0 Å². The topological polar surface area (TPSA) is 75.2 Å². The number of rotatable bonds is 5. The average molecular weight is 344 g/mol. The van der Waals surface area contributed by atoms with Gasteiger partial charge in [-0.2, -0.15) is 0 Å². The number of sulfonamides is 1. The highest BCUT2D eigenvalue weighted by atomic mass is 32.2. The third-order valence-electron chi connectivity index (χ3n) is 3.90. The third kappa shape index (κ3) is 4.62. The Kier molecular flexibility index (Phi) is 5.22. The Hall–Kier alpha value is -2.25. The van der Waals surface area contributed by atoms with E-state index in [0.29, 0.717) is 5.95 Å². The minimum absolute atomic E-state index is 0.0598. The normalized spacial score (nSPS) is 16.6. The fraction of sp³-hybridized carbons (Fsp3) is 0.294. The minimum Gasteiger partial charge on any atom is -0.341 e. The van der Waals surface area contributed by atoms with Crippen LogP contribution in [-0.4, -0.2) is 37.5 Å². The van der Waals surface area contributed by atoms with Crippen molar-refractivity contribution in [2.75, 3.05) is 18.0 Å². The minimum atomic E-state index is -3.44. The van der Waals surface area contributed by atoms with Crippen LogP contribution in [0.2, 0.25) is 0 Å². The van der Waals surface area contributed by atoms with Crippen LogP contribution in [0.1, 0.15) is 18.4 Å². The Morgan fingerprint density at radius 1 is 1.04 bits per heavy atom. The Morgan fingerprint density at radius 2 is 1.71 bits per heavy atom. The molecule has 126 valence electrons. The first kappa shape index (κ1) is 16.6. The second-order valence-corrected chi connectivity index (χ2v) is 7.28. The molecule has 1 fully saturated rings. The fourth-order valence-corrected chi connectivity index (χ4v) is 3.77. The van der Waals surface area contributed by atoms with Gasteiger partial charge in [-0.3, -0.25) is 0 Å². The first-order chi connectivity index (χ1) is 11.6. The largest absolute Gasteiger partial charge is 0.341 e. The fourth-order valence-electron chi connectivity index (χ4n) is 2.66. The molecule has 3 rings (SSSR count). The lowest BCUT2D eigenvalue weighted by molar-refractivity contribution is 0.459. The van der Waals surface area contributed by atoms with Gasteiger partial charge in [-0.1, -0.05) is 30.3 Å². The zero-order valence-electron chi connectivity index (χ0n) is 13.2. The van der Waals surface area contributed by atoms with Crippen molar-refractivity contribution < 1.29 is 8.42 Å². The van der Waals surface area contributed by atoms with Crippen molar-refractivity contribution in [3.8, 4) is 0 Å². The molecule has 1 saturated heterocycles. The third-order valence-corrected chi connectivity index (χ3v) is 5.06. The van der Waals surface area contributed by atoms with Crippen LogP contribution in [0.25, 0.3) is 6.08 Å². The molecule has 2 aromatic rings. The maximum atomic E-state index is 12.2. The van der Waals surface area contributed by atoms with E-state index in [2.05, 4.69) is 19.6 Å². The first-order valence-corrected chi connectivity index (χ1v) is 9.44. The Morgan fingerprint density at radius 3 is 2.38 bits per heavy atom. The van der Waals surface area contributed by atoms with E-state index < -0.39 is 10.0 Å². The molecular formula is C17H20N4O2S. The summed E-state index contributed by atoms with van der Waals surface area (Å²) in [4.78, 5) is 10.5. The Bertz CT molecular complexity index is 771. The van der Waals surface area contributed by atoms with E-state index in [-0.39, 0.29) is 6.04 Å². The van der Waals surface area contributed by atoms with Crippen molar-refractivity contribution in [1.82, 2.24) is 14.7 Å². The van der Waals surface area contributed by atoms with Crippen LogP contribution in [0, 0.1) is 0 Å². The summed E-state index contributed by atoms with van der Waals surface area (Å²) < 4.78 is 27.1. The van der Waals surface area contributed by atoms with Crippen molar-refractivity contribution in [2.24, 2.45) is 0 Å². The van der Waals surface area contributed by atoms with Gasteiger partial charge in [0.15, 0.2) is 0 Å². The number of hydrogen-bond donors (Lipinski definition) is 1. The number of nitrogens with zero attached hydrogens (tertiary/aromatic N) is 3. The van der Waals surface area contributed by atoms with Crippen molar-refractivity contribution in [2.45, 2.75) is 18.9 Å². The molecule has 0 amide bonds. The average Bonchev–Trinajstić information content (AvgIpc) is 2.62. The number of anilines is 1. The molecule has 0 atom stereocenters. The highest BCUT2D eigenvalue weighted by molar-refractivity contribution is 7.92. The lowest BCUT2D eigenvalue weighted by Crippen LogP contribution is -2.44. The maximum Gasteiger partial charge on any atom is 0.233 e. The second kappa shape index (κ2) is 7.55. The molecule has 0 spiro atoms. The van der Waals surface area contributed by atoms with Crippen LogP contribution in [0.4, 0.5) is 5.95 Å². The van der Waals surface area contributed by atoms with Gasteiger partial charge in [0.1, 0.15) is 0 Å². The molecule has 24 heavy (non-hydrogen) atoms. The number of aromatic nitrogens is 2. The molecule has 1 aliphatic heterocycles. The SMILES string of the molecule is O=S(=O)(/C=C/c1ccccc1)NC1CCN(c2ncccn2)CC1. The number of hydrogen-bond acceptors (Lipinski definition) is 5. The van der Waals surface area contributed by atoms with Crippen LogP contribution in [-0.2, 0) is 10.0 Å². The van der Waals surface area contributed by atoms with Crippen LogP contribution in [0.3, 0.4) is 0 Å². The van der Waals surface area contributed by atoms with Crippen molar-refractivity contribution in [3.05, 3.63) is 59.8 Å². The van der Waals surface area contributed by atoms with E-state index in [0.717, 1.165) is 31.5 Å². The summed E-state index contributed by atoms with van der Waals surface area (Å²) in [5.74, 6) is 0.697. The van der Waals surface area contributed by atoms with Crippen LogP contribution < -0.4 is 9.62 Å². The van der Waals surface area contributed by atoms with E-state index >= 15 is 0 Å². The molecule has 1 aliphatic rings. The van der Waals surface area contributed by atoms with Gasteiger partial charge in [0.2, 0.25) is 16.0 Å². The van der Waals surface area contributed by atoms with E-state index in [1.54, 1.807) is 24.5 Å². The lowest BCUT2D eigenvalue weighted by atomic mass is 10.1. The quantitative estimate of drug-likeness (QED) is 0.898.